The maximum absolute atomic E-state index is 13.8. The van der Waals surface area contributed by atoms with Gasteiger partial charge in [-0.1, -0.05) is 0 Å². The number of nitrogen functional groups attached to an aromatic ring is 1. The first kappa shape index (κ1) is 10.4. The van der Waals surface area contributed by atoms with Crippen LogP contribution in [0.5, 0.6) is 0 Å². The lowest BCUT2D eigenvalue weighted by Gasteiger charge is -1.95. The number of hydrogen-bond donors (Lipinski definition) is 2. The fourth-order valence-electron chi connectivity index (χ4n) is 1.89. The van der Waals surface area contributed by atoms with Crippen molar-refractivity contribution < 1.29 is 4.39 Å². The normalized spacial score (nSPS) is 11.2. The summed E-state index contributed by atoms with van der Waals surface area (Å²) in [4.78, 5) is 4.32. The molecule has 0 aliphatic carbocycles. The van der Waals surface area contributed by atoms with Crippen LogP contribution in [0.25, 0.3) is 21.5 Å². The molecule has 0 atom stereocenters. The number of fused-ring (bicyclic) bond motifs is 1. The maximum Gasteiger partial charge on any atom is 0.155 e. The minimum Gasteiger partial charge on any atom is -0.396 e. The number of aromatic nitrogens is 1. The topological polar surface area (TPSA) is 41.8 Å². The van der Waals surface area contributed by atoms with E-state index >= 15 is 0 Å². The van der Waals surface area contributed by atoms with Crippen molar-refractivity contribution in [1.29, 1.82) is 0 Å². The van der Waals surface area contributed by atoms with Gasteiger partial charge in [-0.05, 0) is 42.1 Å². The lowest BCUT2D eigenvalue weighted by atomic mass is 10.2. The van der Waals surface area contributed by atoms with Gasteiger partial charge in [0.2, 0.25) is 0 Å². The number of rotatable bonds is 1. The molecular weight excluding hydrogens is 235 g/mol. The van der Waals surface area contributed by atoms with Crippen LogP contribution in [0.1, 0.15) is 5.56 Å². The van der Waals surface area contributed by atoms with Gasteiger partial charge in [-0.25, -0.2) is 4.39 Å². The number of hydrogen-bond acceptors (Lipinski definition) is 2. The molecule has 17 heavy (non-hydrogen) atoms. The molecule has 0 spiro atoms. The molecule has 3 aromatic rings. The number of nitrogens with two attached hydrogens (primary N) is 1. The molecule has 3 rings (SSSR count). The Bertz CT molecular complexity index is 697. The van der Waals surface area contributed by atoms with E-state index in [9.17, 15) is 4.39 Å². The number of benzene rings is 1. The molecular formula is C13H11FN2S. The number of aryl methyl sites for hydroxylation is 1. The summed E-state index contributed by atoms with van der Waals surface area (Å²) in [6.45, 7) is 2.04. The quantitative estimate of drug-likeness (QED) is 0.628. The smallest absolute Gasteiger partial charge is 0.155 e. The van der Waals surface area contributed by atoms with Gasteiger partial charge < -0.3 is 10.7 Å². The molecule has 2 aromatic heterocycles. The molecule has 0 amide bonds. The Morgan fingerprint density at radius 2 is 2.12 bits per heavy atom. The molecule has 0 saturated carbocycles. The molecule has 0 fully saturated rings. The van der Waals surface area contributed by atoms with Crippen LogP contribution in [0.3, 0.4) is 0 Å². The zero-order valence-electron chi connectivity index (χ0n) is 9.25. The van der Waals surface area contributed by atoms with E-state index in [1.54, 1.807) is 23.5 Å². The SMILES string of the molecule is Cc1csc(-c2cc3c(F)c(N)ccc3[nH]2)c1. The van der Waals surface area contributed by atoms with Gasteiger partial charge in [-0.3, -0.25) is 0 Å². The minimum absolute atomic E-state index is 0.186. The molecule has 0 aliphatic rings. The standard InChI is InChI=1S/C13H11FN2S/c1-7-4-12(17-6-7)11-5-8-10(16-11)3-2-9(15)13(8)14/h2-6,16H,15H2,1H3. The van der Waals surface area contributed by atoms with E-state index in [0.717, 1.165) is 16.1 Å². The van der Waals surface area contributed by atoms with Crippen molar-refractivity contribution in [2.75, 3.05) is 5.73 Å². The van der Waals surface area contributed by atoms with Gasteiger partial charge in [-0.15, -0.1) is 11.3 Å². The molecule has 3 N–H and O–H groups in total. The average Bonchev–Trinajstić information content (AvgIpc) is 2.90. The van der Waals surface area contributed by atoms with Crippen molar-refractivity contribution in [2.45, 2.75) is 6.92 Å². The zero-order chi connectivity index (χ0) is 12.0. The number of nitrogens with one attached hydrogen (secondary N) is 1. The van der Waals surface area contributed by atoms with E-state index in [-0.39, 0.29) is 11.5 Å². The first-order valence-corrected chi connectivity index (χ1v) is 6.15. The second-order valence-corrected chi connectivity index (χ2v) is 5.01. The molecule has 4 heteroatoms. The Kier molecular flexibility index (Phi) is 2.19. The van der Waals surface area contributed by atoms with E-state index in [1.807, 2.05) is 13.0 Å². The number of H-pyrrole nitrogens is 1. The maximum atomic E-state index is 13.8. The Balaban J connectivity index is 2.23. The number of halogens is 1. The van der Waals surface area contributed by atoms with Gasteiger partial charge in [0.15, 0.2) is 5.82 Å². The van der Waals surface area contributed by atoms with Crippen molar-refractivity contribution >= 4 is 27.9 Å². The molecule has 0 aliphatic heterocycles. The summed E-state index contributed by atoms with van der Waals surface area (Å²) in [5, 5.41) is 2.62. The van der Waals surface area contributed by atoms with Crippen LogP contribution in [-0.2, 0) is 0 Å². The van der Waals surface area contributed by atoms with E-state index < -0.39 is 0 Å². The summed E-state index contributed by atoms with van der Waals surface area (Å²) in [6, 6.07) is 7.28. The Hall–Kier alpha value is -1.81. The van der Waals surface area contributed by atoms with Crippen LogP contribution < -0.4 is 5.73 Å². The van der Waals surface area contributed by atoms with Gasteiger partial charge in [-0.2, -0.15) is 0 Å². The highest BCUT2D eigenvalue weighted by molar-refractivity contribution is 7.13. The summed E-state index contributed by atoms with van der Waals surface area (Å²) in [7, 11) is 0. The molecule has 86 valence electrons. The summed E-state index contributed by atoms with van der Waals surface area (Å²) in [5.74, 6) is -0.349. The van der Waals surface area contributed by atoms with Crippen molar-refractivity contribution in [3.05, 3.63) is 41.0 Å². The van der Waals surface area contributed by atoms with Crippen molar-refractivity contribution in [1.82, 2.24) is 4.98 Å². The molecule has 1 aromatic carbocycles. The van der Waals surface area contributed by atoms with Gasteiger partial charge in [0.1, 0.15) is 0 Å². The predicted molar refractivity (Wildman–Crippen MR) is 70.7 cm³/mol. The third-order valence-corrected chi connectivity index (χ3v) is 3.85. The van der Waals surface area contributed by atoms with Crippen molar-refractivity contribution in [3.8, 4) is 10.6 Å². The fourth-order valence-corrected chi connectivity index (χ4v) is 2.76. The largest absolute Gasteiger partial charge is 0.396 e. The molecule has 0 saturated heterocycles. The van der Waals surface area contributed by atoms with Gasteiger partial charge in [0, 0.05) is 10.9 Å². The van der Waals surface area contributed by atoms with E-state index in [2.05, 4.69) is 16.4 Å². The second kappa shape index (κ2) is 3.60. The van der Waals surface area contributed by atoms with Crippen LogP contribution in [-0.4, -0.2) is 4.98 Å². The van der Waals surface area contributed by atoms with Crippen LogP contribution >= 0.6 is 11.3 Å². The molecule has 2 nitrogen and oxygen atoms in total. The lowest BCUT2D eigenvalue weighted by Crippen LogP contribution is -1.89. The van der Waals surface area contributed by atoms with Crippen LogP contribution in [0.2, 0.25) is 0 Å². The summed E-state index contributed by atoms with van der Waals surface area (Å²) < 4.78 is 13.8. The van der Waals surface area contributed by atoms with Crippen LogP contribution in [0, 0.1) is 12.7 Å². The fraction of sp³-hybridized carbons (Fsp3) is 0.0769. The van der Waals surface area contributed by atoms with Crippen molar-refractivity contribution in [3.63, 3.8) is 0 Å². The Labute approximate surface area is 102 Å². The van der Waals surface area contributed by atoms with Gasteiger partial charge in [0.25, 0.3) is 0 Å². The minimum atomic E-state index is -0.349. The lowest BCUT2D eigenvalue weighted by molar-refractivity contribution is 0.644. The number of anilines is 1. The summed E-state index contributed by atoms with van der Waals surface area (Å²) in [5.41, 5.74) is 8.66. The Morgan fingerprint density at radius 1 is 1.29 bits per heavy atom. The third-order valence-electron chi connectivity index (χ3n) is 2.76. The average molecular weight is 246 g/mol. The summed E-state index contributed by atoms with van der Waals surface area (Å²) >= 11 is 1.64. The first-order chi connectivity index (χ1) is 8.15. The predicted octanol–water partition coefficient (Wildman–Crippen LogP) is 3.93. The van der Waals surface area contributed by atoms with E-state index in [4.69, 9.17) is 5.73 Å². The molecule has 2 heterocycles. The number of thiophene rings is 1. The highest BCUT2D eigenvalue weighted by Gasteiger charge is 2.10. The monoisotopic (exact) mass is 246 g/mol. The zero-order valence-corrected chi connectivity index (χ0v) is 10.1. The molecule has 0 bridgehead atoms. The van der Waals surface area contributed by atoms with E-state index in [0.29, 0.717) is 5.39 Å². The number of aromatic amines is 1. The van der Waals surface area contributed by atoms with Gasteiger partial charge >= 0.3 is 0 Å². The second-order valence-electron chi connectivity index (χ2n) is 4.10. The van der Waals surface area contributed by atoms with Crippen molar-refractivity contribution in [2.24, 2.45) is 0 Å². The van der Waals surface area contributed by atoms with Gasteiger partial charge in [0.05, 0.1) is 16.3 Å². The highest BCUT2D eigenvalue weighted by atomic mass is 32.1. The molecule has 0 radical (unpaired) electrons. The first-order valence-electron chi connectivity index (χ1n) is 5.27. The van der Waals surface area contributed by atoms with Crippen LogP contribution in [0.4, 0.5) is 10.1 Å². The Morgan fingerprint density at radius 3 is 2.82 bits per heavy atom. The van der Waals surface area contributed by atoms with E-state index in [1.165, 1.54) is 5.56 Å². The van der Waals surface area contributed by atoms with Crippen LogP contribution in [0.15, 0.2) is 29.6 Å². The molecule has 0 unspecified atom stereocenters. The highest BCUT2D eigenvalue weighted by Crippen LogP contribution is 2.31. The third kappa shape index (κ3) is 1.61. The summed E-state index contributed by atoms with van der Waals surface area (Å²) in [6.07, 6.45) is 0.